The molecule has 0 aliphatic carbocycles. The van der Waals surface area contributed by atoms with Gasteiger partial charge < -0.3 is 19.0 Å². The van der Waals surface area contributed by atoms with Crippen LogP contribution in [-0.2, 0) is 5.41 Å². The van der Waals surface area contributed by atoms with Gasteiger partial charge in [0, 0.05) is 65.8 Å². The van der Waals surface area contributed by atoms with Crippen LogP contribution in [0.5, 0.6) is 0 Å². The lowest BCUT2D eigenvalue weighted by Crippen LogP contribution is -2.62. The van der Waals surface area contributed by atoms with Crippen molar-refractivity contribution >= 4 is 97.0 Å². The second-order valence-electron chi connectivity index (χ2n) is 18.1. The van der Waals surface area contributed by atoms with Gasteiger partial charge in [-0.15, -0.1) is 0 Å². The van der Waals surface area contributed by atoms with Crippen LogP contribution in [0.25, 0.3) is 44.2 Å². The van der Waals surface area contributed by atoms with Crippen molar-refractivity contribution in [2.24, 2.45) is 0 Å². The average Bonchev–Trinajstić information content (AvgIpc) is 3.70. The van der Waals surface area contributed by atoms with Crippen molar-refractivity contribution in [3.05, 3.63) is 206 Å². The van der Waals surface area contributed by atoms with E-state index in [1.807, 2.05) is 11.8 Å². The van der Waals surface area contributed by atoms with Crippen molar-refractivity contribution in [2.45, 2.75) is 36.0 Å². The van der Waals surface area contributed by atoms with E-state index in [9.17, 15) is 0 Å². The first-order valence-electron chi connectivity index (χ1n) is 22.1. The summed E-state index contributed by atoms with van der Waals surface area (Å²) in [7, 11) is 0. The Kier molecular flexibility index (Phi) is 8.16. The topological polar surface area (TPSA) is 22.9 Å². The van der Waals surface area contributed by atoms with Crippen LogP contribution >= 0.6 is 11.8 Å². The lowest BCUT2D eigenvalue weighted by atomic mass is 9.43. The summed E-state index contributed by atoms with van der Waals surface area (Å²) in [4.78, 5) is 10.1. The Morgan fingerprint density at radius 2 is 1.17 bits per heavy atom. The highest BCUT2D eigenvalue weighted by Gasteiger charge is 2.48. The van der Waals surface area contributed by atoms with Gasteiger partial charge in [-0.2, -0.15) is 0 Å². The molecule has 0 unspecified atom stereocenters. The van der Waals surface area contributed by atoms with Crippen LogP contribution in [0.3, 0.4) is 0 Å². The third kappa shape index (κ3) is 5.58. The molecule has 0 spiro atoms. The number of anilines is 8. The lowest BCUT2D eigenvalue weighted by molar-refractivity contribution is 0.590. The van der Waals surface area contributed by atoms with E-state index in [-0.39, 0.29) is 12.3 Å². The molecule has 10 aromatic rings. The molecule has 0 fully saturated rings. The minimum absolute atomic E-state index is 0.0547. The SMILES string of the molecule is CC(C)(C)c1ccc(N2c3cc4c(cc3B3c5c(cc(N(c6ccccc6)c6ccccc6)cc52)-c2cccc5c2N3c2ccccc2S5)oc2ccccc24)c(-c2ccccc2)c1. The van der Waals surface area contributed by atoms with Gasteiger partial charge in [0.25, 0.3) is 0 Å². The number of benzene rings is 9. The van der Waals surface area contributed by atoms with Crippen LogP contribution in [0.1, 0.15) is 26.3 Å². The zero-order chi connectivity index (χ0) is 42.7. The molecule has 64 heavy (non-hydrogen) atoms. The summed E-state index contributed by atoms with van der Waals surface area (Å²) >= 11 is 1.87. The first-order chi connectivity index (χ1) is 31.4. The molecule has 0 N–H and O–H groups in total. The Labute approximate surface area is 378 Å². The highest BCUT2D eigenvalue weighted by Crippen LogP contribution is 2.57. The number of para-hydroxylation sites is 5. The molecule has 6 heteroatoms. The molecule has 3 aliphatic rings. The van der Waals surface area contributed by atoms with Gasteiger partial charge in [0.15, 0.2) is 0 Å². The molecule has 13 rings (SSSR count). The number of hydrogen-bond acceptors (Lipinski definition) is 5. The minimum atomic E-state index is -0.158. The quantitative estimate of drug-likeness (QED) is 0.161. The summed E-state index contributed by atoms with van der Waals surface area (Å²) in [6.07, 6.45) is 0. The van der Waals surface area contributed by atoms with Crippen LogP contribution in [0, 0.1) is 0 Å². The highest BCUT2D eigenvalue weighted by molar-refractivity contribution is 7.99. The third-order valence-corrected chi connectivity index (χ3v) is 14.4. The molecule has 4 heterocycles. The van der Waals surface area contributed by atoms with E-state index < -0.39 is 0 Å². The van der Waals surface area contributed by atoms with Crippen LogP contribution in [0.2, 0.25) is 0 Å². The number of furan rings is 1. The van der Waals surface area contributed by atoms with Gasteiger partial charge in [-0.05, 0) is 118 Å². The van der Waals surface area contributed by atoms with E-state index in [0.29, 0.717) is 0 Å². The van der Waals surface area contributed by atoms with Crippen molar-refractivity contribution < 1.29 is 4.42 Å². The molecule has 304 valence electrons. The molecule has 0 saturated heterocycles. The number of nitrogens with zero attached hydrogens (tertiary/aromatic N) is 3. The average molecular weight is 840 g/mol. The van der Waals surface area contributed by atoms with E-state index in [2.05, 4.69) is 236 Å². The first kappa shape index (κ1) is 37.2. The highest BCUT2D eigenvalue weighted by atomic mass is 32.2. The number of rotatable bonds is 5. The fourth-order valence-corrected chi connectivity index (χ4v) is 11.5. The minimum Gasteiger partial charge on any atom is -0.456 e. The maximum Gasteiger partial charge on any atom is 0.333 e. The molecule has 0 saturated carbocycles. The number of hydrogen-bond donors (Lipinski definition) is 0. The van der Waals surface area contributed by atoms with Gasteiger partial charge in [-0.3, -0.25) is 0 Å². The maximum absolute atomic E-state index is 6.78. The molecule has 0 atom stereocenters. The summed E-state index contributed by atoms with van der Waals surface area (Å²) in [6, 6.07) is 73.6. The molecule has 4 nitrogen and oxygen atoms in total. The summed E-state index contributed by atoms with van der Waals surface area (Å²) in [5.41, 5.74) is 19.5. The van der Waals surface area contributed by atoms with Crippen molar-refractivity contribution in [3.8, 4) is 22.3 Å². The Morgan fingerprint density at radius 3 is 1.94 bits per heavy atom. The van der Waals surface area contributed by atoms with Gasteiger partial charge in [-0.1, -0.05) is 148 Å². The zero-order valence-corrected chi connectivity index (χ0v) is 36.6. The molecule has 0 bridgehead atoms. The van der Waals surface area contributed by atoms with Crippen LogP contribution in [-0.4, -0.2) is 6.85 Å². The normalized spacial score (nSPS) is 13.4. The fraction of sp³-hybridized carbons (Fsp3) is 0.0690. The third-order valence-electron chi connectivity index (χ3n) is 13.3. The van der Waals surface area contributed by atoms with Crippen molar-refractivity contribution in [3.63, 3.8) is 0 Å². The van der Waals surface area contributed by atoms with Crippen LogP contribution in [0.4, 0.5) is 45.5 Å². The maximum atomic E-state index is 6.78. The van der Waals surface area contributed by atoms with Gasteiger partial charge in [0.2, 0.25) is 0 Å². The summed E-state index contributed by atoms with van der Waals surface area (Å²) < 4.78 is 6.78. The molecule has 0 amide bonds. The standard InChI is InChI=1S/C58H42BN3OS/c1-58(2,3)38-30-31-48(44(32-38)37-18-7-4-8-19-37)61-50-35-45-42-24-13-15-27-52(42)63-53(45)36-47(50)59-56-46(43-25-17-29-55-57(43)62(59)49-26-14-16-28-54(49)64-55)33-41(34-51(56)61)60(39-20-9-5-10-21-39)40-22-11-6-12-23-40/h4-36H,1-3H3. The zero-order valence-electron chi connectivity index (χ0n) is 35.8. The monoisotopic (exact) mass is 839 g/mol. The van der Waals surface area contributed by atoms with Crippen LogP contribution in [0.15, 0.2) is 214 Å². The predicted molar refractivity (Wildman–Crippen MR) is 270 cm³/mol. The van der Waals surface area contributed by atoms with E-state index in [0.717, 1.165) is 56.1 Å². The Morgan fingerprint density at radius 1 is 0.484 bits per heavy atom. The van der Waals surface area contributed by atoms with Gasteiger partial charge in [0.05, 0.1) is 11.4 Å². The molecular formula is C58H42BN3OS. The largest absolute Gasteiger partial charge is 0.456 e. The Bertz CT molecular complexity index is 3450. The molecule has 3 aliphatic heterocycles. The van der Waals surface area contributed by atoms with E-state index in [1.165, 1.54) is 59.9 Å². The van der Waals surface area contributed by atoms with Crippen molar-refractivity contribution in [2.75, 3.05) is 14.6 Å². The van der Waals surface area contributed by atoms with Crippen LogP contribution < -0.4 is 25.5 Å². The Hall–Kier alpha value is -7.41. The second kappa shape index (κ2) is 14.1. The molecule has 0 radical (unpaired) electrons. The smallest absolute Gasteiger partial charge is 0.333 e. The van der Waals surface area contributed by atoms with E-state index >= 15 is 0 Å². The van der Waals surface area contributed by atoms with Gasteiger partial charge in [0.1, 0.15) is 11.2 Å². The summed E-state index contributed by atoms with van der Waals surface area (Å²) in [5, 5.41) is 2.22. The Balaban J connectivity index is 1.20. The molecule has 1 aromatic heterocycles. The lowest BCUT2D eigenvalue weighted by Gasteiger charge is -2.48. The predicted octanol–water partition coefficient (Wildman–Crippen LogP) is 15.2. The summed E-state index contributed by atoms with van der Waals surface area (Å²) in [6.45, 7) is 6.76. The van der Waals surface area contributed by atoms with E-state index in [4.69, 9.17) is 4.42 Å². The fourth-order valence-electron chi connectivity index (χ4n) is 10.4. The van der Waals surface area contributed by atoms with Gasteiger partial charge >= 0.3 is 6.85 Å². The molecular weight excluding hydrogens is 798 g/mol. The second-order valence-corrected chi connectivity index (χ2v) is 19.2. The van der Waals surface area contributed by atoms with Crippen molar-refractivity contribution in [1.82, 2.24) is 0 Å². The first-order valence-corrected chi connectivity index (χ1v) is 22.9. The molecule has 9 aromatic carbocycles. The van der Waals surface area contributed by atoms with Crippen molar-refractivity contribution in [1.29, 1.82) is 0 Å². The van der Waals surface area contributed by atoms with Gasteiger partial charge in [-0.25, -0.2) is 0 Å². The summed E-state index contributed by atoms with van der Waals surface area (Å²) in [5.74, 6) is 0. The van der Waals surface area contributed by atoms with E-state index in [1.54, 1.807) is 0 Å². The number of fused-ring (bicyclic) bond motifs is 9.